The smallest absolute Gasteiger partial charge is 0.316 e. The van der Waals surface area contributed by atoms with E-state index in [2.05, 4.69) is 5.73 Å². The van der Waals surface area contributed by atoms with Crippen molar-refractivity contribution in [2.24, 2.45) is 5.73 Å². The molecular weight excluding hydrogens is 291 g/mol. The van der Waals surface area contributed by atoms with Gasteiger partial charge in [-0.15, -0.1) is 12.4 Å². The van der Waals surface area contributed by atoms with E-state index in [1.165, 1.54) is 0 Å². The predicted octanol–water partition coefficient (Wildman–Crippen LogP) is 3.83. The number of hydrogen-bond donors (Lipinski definition) is 1. The molecule has 0 aliphatic carbocycles. The number of benzene rings is 1. The minimum absolute atomic E-state index is 0. The fraction of sp³-hybridized carbons (Fsp3) is 0.333. The van der Waals surface area contributed by atoms with Crippen LogP contribution >= 0.6 is 12.4 Å². The van der Waals surface area contributed by atoms with Gasteiger partial charge in [0.25, 0.3) is 0 Å². The molecule has 0 aliphatic heterocycles. The van der Waals surface area contributed by atoms with Crippen LogP contribution in [0, 0.1) is 5.82 Å². The van der Waals surface area contributed by atoms with Crippen molar-refractivity contribution in [2.45, 2.75) is 18.4 Å². The quantitative estimate of drug-likeness (QED) is 0.783. The lowest BCUT2D eigenvalue weighted by atomic mass is 10.0. The lowest BCUT2D eigenvalue weighted by Gasteiger charge is -2.18. The number of hydrogen-bond acceptors (Lipinski definition) is 1. The summed E-state index contributed by atoms with van der Waals surface area (Å²) in [5.74, 6) is -2.00. The summed E-state index contributed by atoms with van der Waals surface area (Å²) < 4.78 is 86.4. The Bertz CT molecular complexity index is 412. The molecule has 0 saturated heterocycles. The second-order valence-corrected chi connectivity index (χ2v) is 3.23. The van der Waals surface area contributed by atoms with Crippen LogP contribution in [0.5, 0.6) is 0 Å². The average molecular weight is 298 g/mol. The van der Waals surface area contributed by atoms with E-state index in [1.54, 1.807) is 0 Å². The van der Waals surface area contributed by atoms with E-state index in [-0.39, 0.29) is 12.4 Å². The van der Waals surface area contributed by atoms with Gasteiger partial charge in [-0.05, 0) is 6.07 Å². The molecule has 18 heavy (non-hydrogen) atoms. The van der Waals surface area contributed by atoms with Gasteiger partial charge in [0.2, 0.25) is 0 Å². The second-order valence-electron chi connectivity index (χ2n) is 3.23. The first-order valence-electron chi connectivity index (χ1n) is 4.23. The van der Waals surface area contributed by atoms with Crippen LogP contribution in [0.4, 0.5) is 30.7 Å². The molecule has 0 unspecified atom stereocenters. The van der Waals surface area contributed by atoms with Crippen LogP contribution in [0.25, 0.3) is 0 Å². The highest BCUT2D eigenvalue weighted by atomic mass is 35.5. The van der Waals surface area contributed by atoms with Crippen LogP contribution in [0.1, 0.15) is 17.2 Å². The zero-order valence-electron chi connectivity index (χ0n) is 8.44. The zero-order chi connectivity index (χ0) is 13.4. The Labute approximate surface area is 103 Å². The van der Waals surface area contributed by atoms with Gasteiger partial charge in [-0.2, -0.15) is 26.3 Å². The minimum Gasteiger partial charge on any atom is -0.316 e. The van der Waals surface area contributed by atoms with Gasteiger partial charge < -0.3 is 5.73 Å². The summed E-state index contributed by atoms with van der Waals surface area (Å²) in [5.41, 5.74) is 1.65. The Hall–Kier alpha value is -1.02. The van der Waals surface area contributed by atoms with Crippen molar-refractivity contribution in [1.29, 1.82) is 0 Å². The fourth-order valence-corrected chi connectivity index (χ4v) is 1.19. The summed E-state index contributed by atoms with van der Waals surface area (Å²) in [4.78, 5) is 0. The van der Waals surface area contributed by atoms with Crippen LogP contribution < -0.4 is 5.73 Å². The number of halogens is 8. The van der Waals surface area contributed by atoms with Crippen molar-refractivity contribution in [3.63, 3.8) is 0 Å². The van der Waals surface area contributed by atoms with Gasteiger partial charge in [0.1, 0.15) is 11.9 Å². The SMILES string of the molecule is Cl.N[C@H](c1cccc(C(F)(F)F)c1F)C(F)(F)F. The molecule has 0 aromatic heterocycles. The summed E-state index contributed by atoms with van der Waals surface area (Å²) in [6.07, 6.45) is -10.1. The molecule has 1 rings (SSSR count). The molecular formula is C9H7ClF7N. The van der Waals surface area contributed by atoms with Gasteiger partial charge in [0.05, 0.1) is 5.56 Å². The monoisotopic (exact) mass is 297 g/mol. The third-order valence-corrected chi connectivity index (χ3v) is 2.02. The van der Waals surface area contributed by atoms with Crippen molar-refractivity contribution in [3.05, 3.63) is 35.1 Å². The number of alkyl halides is 6. The molecule has 1 aromatic carbocycles. The fourth-order valence-electron chi connectivity index (χ4n) is 1.19. The largest absolute Gasteiger partial charge is 0.419 e. The summed E-state index contributed by atoms with van der Waals surface area (Å²) >= 11 is 0. The Morgan fingerprint density at radius 1 is 1.00 bits per heavy atom. The third kappa shape index (κ3) is 3.49. The van der Waals surface area contributed by atoms with E-state index in [9.17, 15) is 30.7 Å². The van der Waals surface area contributed by atoms with E-state index in [4.69, 9.17) is 0 Å². The third-order valence-electron chi connectivity index (χ3n) is 2.02. The predicted molar refractivity (Wildman–Crippen MR) is 51.6 cm³/mol. The zero-order valence-corrected chi connectivity index (χ0v) is 9.26. The molecule has 9 heteroatoms. The van der Waals surface area contributed by atoms with E-state index in [0.29, 0.717) is 18.2 Å². The highest BCUT2D eigenvalue weighted by molar-refractivity contribution is 5.85. The number of nitrogens with two attached hydrogens (primary N) is 1. The van der Waals surface area contributed by atoms with Gasteiger partial charge >= 0.3 is 12.4 Å². The van der Waals surface area contributed by atoms with Crippen LogP contribution in [0.3, 0.4) is 0 Å². The molecule has 1 aromatic rings. The van der Waals surface area contributed by atoms with E-state index in [0.717, 1.165) is 0 Å². The minimum atomic E-state index is -5.06. The van der Waals surface area contributed by atoms with E-state index < -0.39 is 35.3 Å². The van der Waals surface area contributed by atoms with Gasteiger partial charge in [-0.1, -0.05) is 12.1 Å². The van der Waals surface area contributed by atoms with Crippen molar-refractivity contribution >= 4 is 12.4 Å². The molecule has 0 heterocycles. The Morgan fingerprint density at radius 2 is 1.50 bits per heavy atom. The summed E-state index contributed by atoms with van der Waals surface area (Å²) in [6, 6.07) is -1.19. The first-order valence-corrected chi connectivity index (χ1v) is 4.23. The van der Waals surface area contributed by atoms with Gasteiger partial charge in [0.15, 0.2) is 0 Å². The molecule has 1 atom stereocenters. The van der Waals surface area contributed by atoms with Crippen molar-refractivity contribution in [1.82, 2.24) is 0 Å². The van der Waals surface area contributed by atoms with Gasteiger partial charge in [-0.3, -0.25) is 0 Å². The highest BCUT2D eigenvalue weighted by Gasteiger charge is 2.42. The first-order chi connectivity index (χ1) is 7.55. The average Bonchev–Trinajstić information content (AvgIpc) is 2.13. The molecule has 1 nitrogen and oxygen atoms in total. The maximum absolute atomic E-state index is 13.2. The molecule has 0 aliphatic rings. The Balaban J connectivity index is 0.00000289. The van der Waals surface area contributed by atoms with E-state index in [1.807, 2.05) is 0 Å². The van der Waals surface area contributed by atoms with Crippen LogP contribution in [-0.4, -0.2) is 6.18 Å². The maximum atomic E-state index is 13.2. The molecule has 0 bridgehead atoms. The second kappa shape index (κ2) is 5.31. The number of rotatable bonds is 1. The molecule has 0 spiro atoms. The molecule has 104 valence electrons. The van der Waals surface area contributed by atoms with Crippen molar-refractivity contribution in [3.8, 4) is 0 Å². The summed E-state index contributed by atoms with van der Waals surface area (Å²) in [5, 5.41) is 0. The summed E-state index contributed by atoms with van der Waals surface area (Å²) in [7, 11) is 0. The van der Waals surface area contributed by atoms with Gasteiger partial charge in [-0.25, -0.2) is 4.39 Å². The van der Waals surface area contributed by atoms with Crippen LogP contribution in [0.15, 0.2) is 18.2 Å². The van der Waals surface area contributed by atoms with E-state index >= 15 is 0 Å². The normalized spacial score (nSPS) is 14.0. The topological polar surface area (TPSA) is 26.0 Å². The maximum Gasteiger partial charge on any atom is 0.419 e. The molecule has 0 saturated carbocycles. The van der Waals surface area contributed by atoms with Crippen molar-refractivity contribution in [2.75, 3.05) is 0 Å². The van der Waals surface area contributed by atoms with Crippen LogP contribution in [0.2, 0.25) is 0 Å². The van der Waals surface area contributed by atoms with Crippen molar-refractivity contribution < 1.29 is 30.7 Å². The standard InChI is InChI=1S/C9H6F7N.ClH/c10-6-4(7(17)9(14,15)16)2-1-3-5(6)8(11,12)13;/h1-3,7H,17H2;1H/t7-;/m1./s1. The molecule has 0 fully saturated rings. The Kier molecular flexibility index (Phi) is 5.01. The van der Waals surface area contributed by atoms with Crippen LogP contribution in [-0.2, 0) is 6.18 Å². The lowest BCUT2D eigenvalue weighted by Crippen LogP contribution is -2.30. The molecule has 0 amide bonds. The first kappa shape index (κ1) is 17.0. The Morgan fingerprint density at radius 3 is 1.89 bits per heavy atom. The highest BCUT2D eigenvalue weighted by Crippen LogP contribution is 2.37. The van der Waals surface area contributed by atoms with Gasteiger partial charge in [0, 0.05) is 5.56 Å². The lowest BCUT2D eigenvalue weighted by molar-refractivity contribution is -0.151. The molecule has 0 radical (unpaired) electrons. The summed E-state index contributed by atoms with van der Waals surface area (Å²) in [6.45, 7) is 0. The molecule has 2 N–H and O–H groups in total.